The molecule has 158 valence electrons. The molecule has 31 heavy (non-hydrogen) atoms. The molecule has 0 aliphatic carbocycles. The zero-order chi connectivity index (χ0) is 22.3. The molecule has 0 radical (unpaired) electrons. The molecule has 0 saturated heterocycles. The molecule has 10 nitrogen and oxygen atoms in total. The van der Waals surface area contributed by atoms with Crippen LogP contribution in [0.1, 0.15) is 16.2 Å². The van der Waals surface area contributed by atoms with E-state index in [1.54, 1.807) is 6.07 Å². The molecule has 0 fully saturated rings. The first-order valence-corrected chi connectivity index (χ1v) is 8.71. The standard InChI is InChI=1S/C19H12F2N4O6/c1-10-8-14(26)17(23-24(10)12-4-2-3-5-13(12)25(28)29)18(27)22-11-6-7-15-16(9-11)31-19(20,21)30-15/h2-9H,1H3,(H,22,27). The van der Waals surface area contributed by atoms with Crippen LogP contribution in [0.4, 0.5) is 20.2 Å². The molecule has 2 heterocycles. The molecule has 2 aromatic carbocycles. The van der Waals surface area contributed by atoms with Gasteiger partial charge < -0.3 is 14.8 Å². The molecule has 0 atom stereocenters. The summed E-state index contributed by atoms with van der Waals surface area (Å²) in [6.07, 6.45) is -3.82. The predicted octanol–water partition coefficient (Wildman–Crippen LogP) is 3.02. The van der Waals surface area contributed by atoms with Gasteiger partial charge in [0.25, 0.3) is 11.6 Å². The van der Waals surface area contributed by atoms with Gasteiger partial charge in [-0.3, -0.25) is 19.7 Å². The van der Waals surface area contributed by atoms with Gasteiger partial charge in [0.05, 0.1) is 4.92 Å². The molecule has 0 unspecified atom stereocenters. The van der Waals surface area contributed by atoms with Crippen molar-refractivity contribution in [2.24, 2.45) is 0 Å². The number of nitro groups is 1. The molecule has 0 spiro atoms. The molecule has 1 amide bonds. The number of hydrogen-bond donors (Lipinski definition) is 1. The molecule has 1 N–H and O–H groups in total. The Hall–Kier alpha value is -4.35. The lowest BCUT2D eigenvalue weighted by Gasteiger charge is -2.11. The van der Waals surface area contributed by atoms with Crippen LogP contribution in [0.5, 0.6) is 11.5 Å². The topological polar surface area (TPSA) is 126 Å². The minimum atomic E-state index is -3.82. The maximum absolute atomic E-state index is 13.1. The number of carbonyl (C=O) groups excluding carboxylic acids is 1. The zero-order valence-electron chi connectivity index (χ0n) is 15.7. The Morgan fingerprint density at radius 1 is 1.16 bits per heavy atom. The molecule has 0 saturated carbocycles. The quantitative estimate of drug-likeness (QED) is 0.498. The van der Waals surface area contributed by atoms with E-state index in [-0.39, 0.29) is 34.3 Å². The smallest absolute Gasteiger partial charge is 0.395 e. The summed E-state index contributed by atoms with van der Waals surface area (Å²) in [7, 11) is 0. The van der Waals surface area contributed by atoms with Crippen molar-refractivity contribution in [3.05, 3.63) is 80.3 Å². The summed E-state index contributed by atoms with van der Waals surface area (Å²) in [5.41, 5.74) is -1.18. The van der Waals surface area contributed by atoms with E-state index in [1.165, 1.54) is 37.3 Å². The highest BCUT2D eigenvalue weighted by Gasteiger charge is 2.43. The van der Waals surface area contributed by atoms with E-state index in [4.69, 9.17) is 0 Å². The van der Waals surface area contributed by atoms with Gasteiger partial charge in [-0.1, -0.05) is 12.1 Å². The Morgan fingerprint density at radius 2 is 1.87 bits per heavy atom. The lowest BCUT2D eigenvalue weighted by atomic mass is 10.2. The summed E-state index contributed by atoms with van der Waals surface area (Å²) in [5.74, 6) is -1.45. The number of benzene rings is 2. The van der Waals surface area contributed by atoms with Crippen molar-refractivity contribution in [1.82, 2.24) is 9.78 Å². The minimum absolute atomic E-state index is 0.0454. The highest BCUT2D eigenvalue weighted by Crippen LogP contribution is 2.42. The van der Waals surface area contributed by atoms with E-state index in [2.05, 4.69) is 19.9 Å². The number of para-hydroxylation sites is 2. The number of amides is 1. The Kier molecular flexibility index (Phi) is 4.61. The molecule has 3 aromatic rings. The van der Waals surface area contributed by atoms with Gasteiger partial charge in [-0.05, 0) is 25.1 Å². The van der Waals surface area contributed by atoms with Crippen LogP contribution in [0.2, 0.25) is 0 Å². The first-order chi connectivity index (χ1) is 14.6. The van der Waals surface area contributed by atoms with Crippen molar-refractivity contribution in [2.45, 2.75) is 13.2 Å². The second-order valence-electron chi connectivity index (χ2n) is 6.44. The van der Waals surface area contributed by atoms with Crippen molar-refractivity contribution in [3.8, 4) is 17.2 Å². The Balaban J connectivity index is 1.68. The molecule has 1 aromatic heterocycles. The van der Waals surface area contributed by atoms with Crippen molar-refractivity contribution >= 4 is 17.3 Å². The van der Waals surface area contributed by atoms with E-state index in [1.807, 2.05) is 0 Å². The van der Waals surface area contributed by atoms with Gasteiger partial charge in [-0.15, -0.1) is 8.78 Å². The van der Waals surface area contributed by atoms with Crippen LogP contribution in [0, 0.1) is 17.0 Å². The predicted molar refractivity (Wildman–Crippen MR) is 102 cm³/mol. The first-order valence-electron chi connectivity index (χ1n) is 8.71. The number of nitro benzene ring substituents is 1. The zero-order valence-corrected chi connectivity index (χ0v) is 15.7. The monoisotopic (exact) mass is 430 g/mol. The van der Waals surface area contributed by atoms with E-state index in [0.29, 0.717) is 0 Å². The molecule has 1 aliphatic heterocycles. The van der Waals surface area contributed by atoms with E-state index >= 15 is 0 Å². The summed E-state index contributed by atoms with van der Waals surface area (Å²) >= 11 is 0. The molecule has 4 rings (SSSR count). The number of aromatic nitrogens is 2. The Morgan fingerprint density at radius 3 is 2.61 bits per heavy atom. The summed E-state index contributed by atoms with van der Waals surface area (Å²) < 4.78 is 36.0. The van der Waals surface area contributed by atoms with Crippen LogP contribution in [0.15, 0.2) is 53.3 Å². The van der Waals surface area contributed by atoms with Gasteiger partial charge >= 0.3 is 6.29 Å². The SMILES string of the molecule is Cc1cc(=O)c(C(=O)Nc2ccc3c(c2)OC(F)(F)O3)nn1-c1ccccc1[N+](=O)[O-]. The number of anilines is 1. The minimum Gasteiger partial charge on any atom is -0.395 e. The number of ether oxygens (including phenoxy) is 2. The number of hydrogen-bond acceptors (Lipinski definition) is 7. The number of alkyl halides is 2. The van der Waals surface area contributed by atoms with Crippen molar-refractivity contribution in [1.29, 1.82) is 0 Å². The summed E-state index contributed by atoms with van der Waals surface area (Å²) in [5, 5.41) is 17.7. The number of fused-ring (bicyclic) bond motifs is 1. The van der Waals surface area contributed by atoms with Crippen LogP contribution >= 0.6 is 0 Å². The fourth-order valence-electron chi connectivity index (χ4n) is 2.96. The van der Waals surface area contributed by atoms with E-state index in [9.17, 15) is 28.5 Å². The Bertz CT molecular complexity index is 1290. The highest BCUT2D eigenvalue weighted by molar-refractivity contribution is 6.02. The number of halogens is 2. The average molecular weight is 430 g/mol. The third kappa shape index (κ3) is 3.77. The number of carbonyl (C=O) groups is 1. The number of nitrogens with zero attached hydrogens (tertiary/aromatic N) is 3. The Labute approximate surface area is 171 Å². The third-order valence-corrected chi connectivity index (χ3v) is 4.29. The summed E-state index contributed by atoms with van der Waals surface area (Å²) in [4.78, 5) is 35.7. The molecule has 1 aliphatic rings. The second kappa shape index (κ2) is 7.16. The van der Waals surface area contributed by atoms with Gasteiger partial charge in [-0.25, -0.2) is 4.68 Å². The normalized spacial score (nSPS) is 13.6. The van der Waals surface area contributed by atoms with Crippen LogP contribution in [-0.2, 0) is 0 Å². The first kappa shape index (κ1) is 19.9. The van der Waals surface area contributed by atoms with Gasteiger partial charge in [0.1, 0.15) is 5.69 Å². The molecular weight excluding hydrogens is 418 g/mol. The van der Waals surface area contributed by atoms with Gasteiger partial charge in [-0.2, -0.15) is 5.10 Å². The summed E-state index contributed by atoms with van der Waals surface area (Å²) in [6, 6.07) is 10.3. The van der Waals surface area contributed by atoms with Gasteiger partial charge in [0.2, 0.25) is 5.43 Å². The van der Waals surface area contributed by atoms with E-state index < -0.39 is 28.2 Å². The fourth-order valence-corrected chi connectivity index (χ4v) is 2.96. The number of aryl methyl sites for hydroxylation is 1. The van der Waals surface area contributed by atoms with Crippen LogP contribution < -0.4 is 20.2 Å². The van der Waals surface area contributed by atoms with Crippen LogP contribution in [0.3, 0.4) is 0 Å². The van der Waals surface area contributed by atoms with Crippen molar-refractivity contribution in [2.75, 3.05) is 5.32 Å². The van der Waals surface area contributed by atoms with Crippen molar-refractivity contribution < 1.29 is 28.0 Å². The second-order valence-corrected chi connectivity index (χ2v) is 6.44. The fraction of sp³-hybridized carbons (Fsp3) is 0.105. The van der Waals surface area contributed by atoms with Crippen LogP contribution in [0.25, 0.3) is 5.69 Å². The average Bonchev–Trinajstić information content (AvgIpc) is 3.01. The van der Waals surface area contributed by atoms with Gasteiger partial charge in [0.15, 0.2) is 17.2 Å². The highest BCUT2D eigenvalue weighted by atomic mass is 19.3. The van der Waals surface area contributed by atoms with Gasteiger partial charge in [0, 0.05) is 29.6 Å². The lowest BCUT2D eigenvalue weighted by molar-refractivity contribution is -0.384. The number of nitrogens with one attached hydrogen (secondary N) is 1. The maximum atomic E-state index is 13.1. The van der Waals surface area contributed by atoms with E-state index in [0.717, 1.165) is 16.8 Å². The molecule has 0 bridgehead atoms. The van der Waals surface area contributed by atoms with Crippen molar-refractivity contribution in [3.63, 3.8) is 0 Å². The molecule has 12 heteroatoms. The lowest BCUT2D eigenvalue weighted by Crippen LogP contribution is -2.27. The number of rotatable bonds is 4. The molecular formula is C19H12F2N4O6. The largest absolute Gasteiger partial charge is 0.586 e. The van der Waals surface area contributed by atoms with Crippen LogP contribution in [-0.4, -0.2) is 26.9 Å². The maximum Gasteiger partial charge on any atom is 0.586 e. The third-order valence-electron chi connectivity index (χ3n) is 4.29. The summed E-state index contributed by atoms with van der Waals surface area (Å²) in [6.45, 7) is 1.50.